The first-order valence-electron chi connectivity index (χ1n) is 3.87. The Morgan fingerprint density at radius 3 is 3.14 bits per heavy atom. The van der Waals surface area contributed by atoms with Gasteiger partial charge in [-0.1, -0.05) is 0 Å². The summed E-state index contributed by atoms with van der Waals surface area (Å²) in [6.45, 7) is 0. The number of fused-ring (bicyclic) bond motifs is 1. The van der Waals surface area contributed by atoms with Crippen molar-refractivity contribution in [3.8, 4) is 5.75 Å². The maximum absolute atomic E-state index is 11.1. The molecule has 0 fully saturated rings. The third kappa shape index (κ3) is 1.10. The predicted octanol–water partition coefficient (Wildman–Crippen LogP) is 1.32. The summed E-state index contributed by atoms with van der Waals surface area (Å²) >= 11 is 0. The molecular weight excluding hydrogens is 186 g/mol. The highest BCUT2D eigenvalue weighted by atomic mass is 16.5. The van der Waals surface area contributed by atoms with E-state index in [-0.39, 0.29) is 11.4 Å². The van der Waals surface area contributed by atoms with Crippen molar-refractivity contribution in [2.45, 2.75) is 0 Å². The van der Waals surface area contributed by atoms with Gasteiger partial charge in [-0.25, -0.2) is 9.78 Å². The van der Waals surface area contributed by atoms with Crippen molar-refractivity contribution in [3.63, 3.8) is 0 Å². The lowest BCUT2D eigenvalue weighted by Gasteiger charge is -2.00. The molecule has 0 aromatic carbocycles. The van der Waals surface area contributed by atoms with Crippen molar-refractivity contribution >= 4 is 16.9 Å². The normalized spacial score (nSPS) is 10.4. The van der Waals surface area contributed by atoms with Crippen molar-refractivity contribution in [1.82, 2.24) is 4.98 Å². The summed E-state index contributed by atoms with van der Waals surface area (Å²) < 4.78 is 9.44. The van der Waals surface area contributed by atoms with Crippen LogP contribution in [0, 0.1) is 0 Å². The van der Waals surface area contributed by atoms with Gasteiger partial charge >= 0.3 is 5.97 Å². The highest BCUT2D eigenvalue weighted by Crippen LogP contribution is 2.27. The first-order valence-corrected chi connectivity index (χ1v) is 3.87. The van der Waals surface area contributed by atoms with E-state index in [0.29, 0.717) is 11.0 Å². The Hall–Kier alpha value is -2.04. The number of furan rings is 1. The minimum absolute atomic E-state index is 0.110. The summed E-state index contributed by atoms with van der Waals surface area (Å²) in [5.74, 6) is -0.895. The van der Waals surface area contributed by atoms with Crippen LogP contribution in [-0.4, -0.2) is 23.2 Å². The minimum Gasteiger partial charge on any atom is -0.505 e. The molecule has 0 atom stereocenters. The molecule has 0 bridgehead atoms. The van der Waals surface area contributed by atoms with E-state index >= 15 is 0 Å². The summed E-state index contributed by atoms with van der Waals surface area (Å²) in [4.78, 5) is 14.9. The van der Waals surface area contributed by atoms with Crippen molar-refractivity contribution < 1.29 is 19.1 Å². The minimum atomic E-state index is -0.675. The number of ether oxygens (including phenoxy) is 1. The molecule has 1 N–H and O–H groups in total. The Kier molecular flexibility index (Phi) is 1.85. The first kappa shape index (κ1) is 8.55. The number of esters is 1. The molecule has 2 rings (SSSR count). The average Bonchev–Trinajstić information content (AvgIpc) is 2.66. The smallest absolute Gasteiger partial charge is 0.360 e. The van der Waals surface area contributed by atoms with Gasteiger partial charge in [-0.05, 0) is 6.07 Å². The maximum atomic E-state index is 11.1. The second-order valence-corrected chi connectivity index (χ2v) is 2.65. The monoisotopic (exact) mass is 193 g/mol. The quantitative estimate of drug-likeness (QED) is 0.691. The average molecular weight is 193 g/mol. The van der Waals surface area contributed by atoms with E-state index in [1.807, 2.05) is 0 Å². The fraction of sp³-hybridized carbons (Fsp3) is 0.111. The van der Waals surface area contributed by atoms with Crippen molar-refractivity contribution in [1.29, 1.82) is 0 Å². The number of methoxy groups -OCH3 is 1. The molecule has 0 amide bonds. The number of hydrogen-bond donors (Lipinski definition) is 1. The van der Waals surface area contributed by atoms with Crippen LogP contribution in [0.5, 0.6) is 5.75 Å². The lowest BCUT2D eigenvalue weighted by molar-refractivity contribution is 0.0591. The largest absolute Gasteiger partial charge is 0.505 e. The fourth-order valence-electron chi connectivity index (χ4n) is 1.17. The van der Waals surface area contributed by atoms with Crippen LogP contribution in [0.2, 0.25) is 0 Å². The van der Waals surface area contributed by atoms with Gasteiger partial charge in [0, 0.05) is 0 Å². The molecule has 0 unspecified atom stereocenters. The Bertz CT molecular complexity index is 489. The lowest BCUT2D eigenvalue weighted by atomic mass is 10.2. The van der Waals surface area contributed by atoms with E-state index in [2.05, 4.69) is 9.72 Å². The predicted molar refractivity (Wildman–Crippen MR) is 47.0 cm³/mol. The number of rotatable bonds is 1. The molecule has 14 heavy (non-hydrogen) atoms. The number of carbonyl (C=O) groups is 1. The molecule has 0 aliphatic rings. The van der Waals surface area contributed by atoms with Crippen LogP contribution in [0.1, 0.15) is 10.5 Å². The summed E-state index contributed by atoms with van der Waals surface area (Å²) in [6, 6.07) is 1.55. The summed E-state index contributed by atoms with van der Waals surface area (Å²) in [7, 11) is 1.23. The number of pyridine rings is 1. The molecule has 0 saturated carbocycles. The molecule has 5 nitrogen and oxygen atoms in total. The third-order valence-corrected chi connectivity index (χ3v) is 1.86. The molecule has 2 heterocycles. The van der Waals surface area contributed by atoms with Gasteiger partial charge in [0.2, 0.25) is 0 Å². The number of aromatic hydroxyl groups is 1. The maximum Gasteiger partial charge on any atom is 0.360 e. The molecule has 0 aliphatic heterocycles. The van der Waals surface area contributed by atoms with E-state index < -0.39 is 5.97 Å². The standard InChI is InChI=1S/C9H7NO4/c1-13-9(12)7-8(11)5-2-3-14-6(5)4-10-7/h2-4,11H,1H3. The summed E-state index contributed by atoms with van der Waals surface area (Å²) in [5.41, 5.74) is 0.316. The zero-order chi connectivity index (χ0) is 10.1. The molecule has 72 valence electrons. The Morgan fingerprint density at radius 1 is 1.64 bits per heavy atom. The van der Waals surface area contributed by atoms with Gasteiger partial charge in [-0.15, -0.1) is 0 Å². The van der Waals surface area contributed by atoms with Gasteiger partial charge in [-0.3, -0.25) is 0 Å². The Morgan fingerprint density at radius 2 is 2.43 bits per heavy atom. The number of aromatic nitrogens is 1. The van der Waals surface area contributed by atoms with E-state index in [0.717, 1.165) is 0 Å². The van der Waals surface area contributed by atoms with Crippen LogP contribution >= 0.6 is 0 Å². The van der Waals surface area contributed by atoms with Crippen LogP contribution in [-0.2, 0) is 4.74 Å². The second-order valence-electron chi connectivity index (χ2n) is 2.65. The number of carbonyl (C=O) groups excluding carboxylic acids is 1. The molecular formula is C9H7NO4. The third-order valence-electron chi connectivity index (χ3n) is 1.86. The number of hydrogen-bond acceptors (Lipinski definition) is 5. The molecule has 0 saturated heterocycles. The van der Waals surface area contributed by atoms with E-state index in [1.165, 1.54) is 19.6 Å². The highest BCUT2D eigenvalue weighted by molar-refractivity contribution is 5.97. The van der Waals surface area contributed by atoms with Gasteiger partial charge < -0.3 is 14.3 Å². The lowest BCUT2D eigenvalue weighted by Crippen LogP contribution is -2.04. The van der Waals surface area contributed by atoms with Crippen molar-refractivity contribution in [2.24, 2.45) is 0 Å². The first-order chi connectivity index (χ1) is 6.74. The number of nitrogens with zero attached hydrogens (tertiary/aromatic N) is 1. The van der Waals surface area contributed by atoms with Gasteiger partial charge in [-0.2, -0.15) is 0 Å². The van der Waals surface area contributed by atoms with E-state index in [1.54, 1.807) is 6.07 Å². The second kappa shape index (κ2) is 3.02. The van der Waals surface area contributed by atoms with Gasteiger partial charge in [0.1, 0.15) is 0 Å². The van der Waals surface area contributed by atoms with Crippen LogP contribution < -0.4 is 0 Å². The van der Waals surface area contributed by atoms with Crippen LogP contribution in [0.25, 0.3) is 11.0 Å². The molecule has 2 aromatic heterocycles. The van der Waals surface area contributed by atoms with Crippen LogP contribution in [0.4, 0.5) is 0 Å². The van der Waals surface area contributed by atoms with Gasteiger partial charge in [0.05, 0.1) is 25.0 Å². The Balaban J connectivity index is 2.67. The molecule has 0 spiro atoms. The summed E-state index contributed by atoms with van der Waals surface area (Å²) in [6.07, 6.45) is 2.77. The van der Waals surface area contributed by atoms with Crippen molar-refractivity contribution in [3.05, 3.63) is 24.2 Å². The van der Waals surface area contributed by atoms with Gasteiger partial charge in [0.15, 0.2) is 17.0 Å². The molecule has 5 heteroatoms. The SMILES string of the molecule is COC(=O)c1ncc2occc2c1O. The van der Waals surface area contributed by atoms with E-state index in [4.69, 9.17) is 4.42 Å². The molecule has 0 radical (unpaired) electrons. The highest BCUT2D eigenvalue weighted by Gasteiger charge is 2.16. The van der Waals surface area contributed by atoms with Gasteiger partial charge in [0.25, 0.3) is 0 Å². The summed E-state index contributed by atoms with van der Waals surface area (Å²) in [5, 5.41) is 10.1. The molecule has 2 aromatic rings. The molecule has 0 aliphatic carbocycles. The topological polar surface area (TPSA) is 72.6 Å². The zero-order valence-corrected chi connectivity index (χ0v) is 7.35. The van der Waals surface area contributed by atoms with Crippen LogP contribution in [0.15, 0.2) is 22.9 Å². The van der Waals surface area contributed by atoms with Crippen molar-refractivity contribution in [2.75, 3.05) is 7.11 Å². The Labute approximate surface area is 78.9 Å². The van der Waals surface area contributed by atoms with E-state index in [9.17, 15) is 9.90 Å². The fourth-order valence-corrected chi connectivity index (χ4v) is 1.17. The van der Waals surface area contributed by atoms with Crippen LogP contribution in [0.3, 0.4) is 0 Å². The zero-order valence-electron chi connectivity index (χ0n) is 7.35.